The number of carbonyl (C=O) groups is 2. The second-order valence-electron chi connectivity index (χ2n) is 10.5. The van der Waals surface area contributed by atoms with Crippen LogP contribution in [0.4, 0.5) is 0 Å². The molecule has 0 aromatic heterocycles. The number of unbranched alkanes of at least 4 members (excludes halogenated alkanes) is 2. The lowest BCUT2D eigenvalue weighted by Crippen LogP contribution is -2.43. The number of sulfonamides is 1. The summed E-state index contributed by atoms with van der Waals surface area (Å²) in [5, 5.41) is 3.64. The van der Waals surface area contributed by atoms with Crippen molar-refractivity contribution in [1.29, 1.82) is 0 Å². The summed E-state index contributed by atoms with van der Waals surface area (Å²) in [7, 11) is -3.54. The van der Waals surface area contributed by atoms with Crippen molar-refractivity contribution in [2.75, 3.05) is 6.54 Å². The molecule has 0 heterocycles. The Labute approximate surface area is 248 Å². The van der Waals surface area contributed by atoms with Crippen molar-refractivity contribution < 1.29 is 18.0 Å². The lowest BCUT2D eigenvalue weighted by Gasteiger charge is -2.32. The van der Waals surface area contributed by atoms with E-state index < -0.39 is 16.1 Å². The number of aryl methyl sites for hydroxylation is 1. The van der Waals surface area contributed by atoms with Crippen LogP contribution >= 0.6 is 11.6 Å². The van der Waals surface area contributed by atoms with Gasteiger partial charge in [-0.05, 0) is 66.6 Å². The third-order valence-electron chi connectivity index (χ3n) is 7.10. The minimum absolute atomic E-state index is 0.0327. The average Bonchev–Trinajstić information content (AvgIpc) is 3.79. The molecule has 7 nitrogen and oxygen atoms in total. The second-order valence-corrected chi connectivity index (χ2v) is 12.6. The molecule has 2 N–H and O–H groups in total. The number of nitrogens with one attached hydrogen (secondary N) is 2. The number of carbonyl (C=O) groups excluding carboxylic acids is 2. The van der Waals surface area contributed by atoms with Crippen molar-refractivity contribution in [3.8, 4) is 0 Å². The van der Waals surface area contributed by atoms with Gasteiger partial charge < -0.3 is 10.2 Å². The maximum absolute atomic E-state index is 13.9. The van der Waals surface area contributed by atoms with Crippen LogP contribution in [0.1, 0.15) is 68.2 Å². The minimum atomic E-state index is -3.54. The van der Waals surface area contributed by atoms with E-state index in [4.69, 9.17) is 11.6 Å². The predicted molar refractivity (Wildman–Crippen MR) is 162 cm³/mol. The lowest BCUT2D eigenvalue weighted by molar-refractivity contribution is -0.141. The first-order valence-corrected chi connectivity index (χ1v) is 16.1. The highest BCUT2D eigenvalue weighted by Crippen LogP contribution is 2.26. The van der Waals surface area contributed by atoms with Gasteiger partial charge in [0.05, 0.1) is 4.90 Å². The summed E-state index contributed by atoms with van der Waals surface area (Å²) in [6, 6.07) is 22.5. The van der Waals surface area contributed by atoms with Crippen LogP contribution in [0.15, 0.2) is 83.8 Å². The zero-order valence-electron chi connectivity index (χ0n) is 23.4. The molecule has 0 unspecified atom stereocenters. The zero-order chi connectivity index (χ0) is 29.2. The van der Waals surface area contributed by atoms with Gasteiger partial charge in [0.25, 0.3) is 0 Å². The zero-order valence-corrected chi connectivity index (χ0v) is 25.0. The molecule has 9 heteroatoms. The number of amides is 2. The highest BCUT2D eigenvalue weighted by molar-refractivity contribution is 7.89. The van der Waals surface area contributed by atoms with Crippen molar-refractivity contribution in [3.63, 3.8) is 0 Å². The minimum Gasteiger partial charge on any atom is -0.354 e. The van der Waals surface area contributed by atoms with Gasteiger partial charge in [0.15, 0.2) is 0 Å². The molecule has 0 aliphatic heterocycles. The van der Waals surface area contributed by atoms with E-state index >= 15 is 0 Å². The normalized spacial score (nSPS) is 13.9. The Hall–Kier alpha value is -3.20. The Morgan fingerprint density at radius 3 is 2.22 bits per heavy atom. The smallest absolute Gasteiger partial charge is 0.247 e. The number of hydrogen-bond acceptors (Lipinski definition) is 4. The van der Waals surface area contributed by atoms with Gasteiger partial charge in [-0.2, -0.15) is 0 Å². The maximum atomic E-state index is 13.9. The molecule has 0 spiro atoms. The molecule has 1 fully saturated rings. The third-order valence-corrected chi connectivity index (χ3v) is 8.89. The molecule has 218 valence electrons. The Bertz CT molecular complexity index is 1390. The Morgan fingerprint density at radius 1 is 0.927 bits per heavy atom. The fraction of sp³-hybridized carbons (Fsp3) is 0.375. The van der Waals surface area contributed by atoms with Gasteiger partial charge in [0, 0.05) is 30.6 Å². The Morgan fingerprint density at radius 2 is 1.59 bits per heavy atom. The first kappa shape index (κ1) is 30.8. The van der Waals surface area contributed by atoms with Crippen LogP contribution in [0, 0.1) is 0 Å². The SMILES string of the molecule is CCCCCNC(=O)[C@H](c1ccccc1)N(Cc1ccc(Cl)cc1)C(=O)CCc1ccc(S(=O)(=O)NC2CC2)cc1. The van der Waals surface area contributed by atoms with Gasteiger partial charge in [-0.25, -0.2) is 13.1 Å². The van der Waals surface area contributed by atoms with Crippen LogP contribution in [0.5, 0.6) is 0 Å². The van der Waals surface area contributed by atoms with E-state index in [9.17, 15) is 18.0 Å². The Kier molecular flexibility index (Phi) is 11.0. The first-order valence-electron chi connectivity index (χ1n) is 14.2. The van der Waals surface area contributed by atoms with Crippen molar-refractivity contribution in [2.45, 2.75) is 75.4 Å². The molecule has 1 atom stereocenters. The van der Waals surface area contributed by atoms with Gasteiger partial charge in [0.1, 0.15) is 6.04 Å². The van der Waals surface area contributed by atoms with E-state index in [-0.39, 0.29) is 35.7 Å². The lowest BCUT2D eigenvalue weighted by atomic mass is 10.0. The highest BCUT2D eigenvalue weighted by atomic mass is 35.5. The fourth-order valence-corrected chi connectivity index (χ4v) is 6.05. The average molecular weight is 596 g/mol. The number of halogens is 1. The summed E-state index contributed by atoms with van der Waals surface area (Å²) in [5.74, 6) is -0.392. The summed E-state index contributed by atoms with van der Waals surface area (Å²) in [5.41, 5.74) is 2.44. The molecule has 2 amide bonds. The van der Waals surface area contributed by atoms with Gasteiger partial charge >= 0.3 is 0 Å². The van der Waals surface area contributed by atoms with Crippen LogP contribution < -0.4 is 10.0 Å². The largest absolute Gasteiger partial charge is 0.354 e. The highest BCUT2D eigenvalue weighted by Gasteiger charge is 2.31. The second kappa shape index (κ2) is 14.6. The van der Waals surface area contributed by atoms with Crippen LogP contribution in [-0.4, -0.2) is 37.7 Å². The number of benzene rings is 3. The molecule has 3 aromatic carbocycles. The molecule has 1 aliphatic carbocycles. The summed E-state index contributed by atoms with van der Waals surface area (Å²) >= 11 is 6.10. The quantitative estimate of drug-likeness (QED) is 0.217. The van der Waals surface area contributed by atoms with E-state index in [2.05, 4.69) is 17.0 Å². The number of rotatable bonds is 15. The summed E-state index contributed by atoms with van der Waals surface area (Å²) < 4.78 is 27.7. The number of nitrogens with zero attached hydrogens (tertiary/aromatic N) is 1. The molecule has 1 aliphatic rings. The van der Waals surface area contributed by atoms with Gasteiger partial charge in [0.2, 0.25) is 21.8 Å². The fourth-order valence-electron chi connectivity index (χ4n) is 4.62. The summed E-state index contributed by atoms with van der Waals surface area (Å²) in [6.07, 6.45) is 5.23. The first-order chi connectivity index (χ1) is 19.8. The summed E-state index contributed by atoms with van der Waals surface area (Å²) in [4.78, 5) is 29.3. The van der Waals surface area contributed by atoms with Crippen molar-refractivity contribution in [1.82, 2.24) is 14.9 Å². The molecule has 4 rings (SSSR count). The summed E-state index contributed by atoms with van der Waals surface area (Å²) in [6.45, 7) is 2.89. The number of hydrogen-bond donors (Lipinski definition) is 2. The van der Waals surface area contributed by atoms with Gasteiger partial charge in [-0.3, -0.25) is 9.59 Å². The van der Waals surface area contributed by atoms with Crippen LogP contribution in [0.25, 0.3) is 0 Å². The van der Waals surface area contributed by atoms with Crippen molar-refractivity contribution >= 4 is 33.4 Å². The molecule has 3 aromatic rings. The van der Waals surface area contributed by atoms with Crippen molar-refractivity contribution in [2.24, 2.45) is 0 Å². The van der Waals surface area contributed by atoms with E-state index in [0.29, 0.717) is 18.0 Å². The molecule has 41 heavy (non-hydrogen) atoms. The monoisotopic (exact) mass is 595 g/mol. The Balaban J connectivity index is 1.54. The standard InChI is InChI=1S/C32H38ClN3O4S/c1-2-3-7-22-34-32(38)31(26-8-5-4-6-9-26)36(23-25-10-15-27(33)16-11-25)30(37)21-14-24-12-19-29(20-13-24)41(39,40)35-28-17-18-28/h4-6,8-13,15-16,19-20,28,31,35H,2-3,7,14,17-18,21-23H2,1H3,(H,34,38)/t31-/m0/s1. The molecule has 0 bridgehead atoms. The van der Waals surface area contributed by atoms with E-state index in [0.717, 1.165) is 48.8 Å². The molecule has 0 radical (unpaired) electrons. The third kappa shape index (κ3) is 9.15. The molecule has 0 saturated heterocycles. The topological polar surface area (TPSA) is 95.6 Å². The van der Waals surface area contributed by atoms with Crippen molar-refractivity contribution in [3.05, 3.63) is 101 Å². The van der Waals surface area contributed by atoms with E-state index in [1.54, 1.807) is 41.3 Å². The molecular formula is C32H38ClN3O4S. The van der Waals surface area contributed by atoms with Crippen LogP contribution in [0.2, 0.25) is 5.02 Å². The maximum Gasteiger partial charge on any atom is 0.247 e. The van der Waals surface area contributed by atoms with Gasteiger partial charge in [-0.15, -0.1) is 0 Å². The van der Waals surface area contributed by atoms with Crippen LogP contribution in [0.3, 0.4) is 0 Å². The van der Waals surface area contributed by atoms with Crippen LogP contribution in [-0.2, 0) is 32.6 Å². The predicted octanol–water partition coefficient (Wildman–Crippen LogP) is 5.79. The van der Waals surface area contributed by atoms with E-state index in [1.807, 2.05) is 42.5 Å². The van der Waals surface area contributed by atoms with Gasteiger partial charge in [-0.1, -0.05) is 86.0 Å². The van der Waals surface area contributed by atoms with E-state index in [1.165, 1.54) is 0 Å². The molecule has 1 saturated carbocycles. The molecular weight excluding hydrogens is 558 g/mol.